The number of rotatable bonds is 2. The average molecular weight is 377 g/mol. The van der Waals surface area contributed by atoms with Crippen molar-refractivity contribution in [2.24, 2.45) is 4.99 Å². The topological polar surface area (TPSA) is 41.5 Å². The number of hydrogen-bond acceptors (Lipinski definition) is 3. The van der Waals surface area contributed by atoms with Crippen LogP contribution >= 0.6 is 27.7 Å². The molecule has 0 atom stereocenters. The van der Waals surface area contributed by atoms with Gasteiger partial charge in [0.05, 0.1) is 10.6 Å². The molecule has 0 saturated carbocycles. The molecule has 2 aromatic rings. The Labute approximate surface area is 139 Å². The summed E-state index contributed by atoms with van der Waals surface area (Å²) in [5.41, 5.74) is 1.38. The fraction of sp³-hybridized carbons (Fsp3) is 0. The lowest BCUT2D eigenvalue weighted by molar-refractivity contribution is -0.115. The molecule has 1 saturated heterocycles. The number of amidine groups is 1. The van der Waals surface area contributed by atoms with Crippen molar-refractivity contribution in [1.82, 2.24) is 5.32 Å². The summed E-state index contributed by atoms with van der Waals surface area (Å²) in [5, 5.41) is 3.21. The lowest BCUT2D eigenvalue weighted by Gasteiger charge is -1.96. The number of benzene rings is 2. The molecule has 1 aliphatic heterocycles. The number of amides is 1. The molecule has 0 aromatic heterocycles. The highest BCUT2D eigenvalue weighted by atomic mass is 79.9. The van der Waals surface area contributed by atoms with Gasteiger partial charge in [-0.25, -0.2) is 9.38 Å². The highest BCUT2D eigenvalue weighted by Gasteiger charge is 2.23. The van der Waals surface area contributed by atoms with Gasteiger partial charge >= 0.3 is 0 Å². The van der Waals surface area contributed by atoms with Crippen molar-refractivity contribution >= 4 is 50.5 Å². The molecular weight excluding hydrogens is 367 g/mol. The first kappa shape index (κ1) is 15.0. The number of nitrogens with one attached hydrogen (secondary N) is 1. The van der Waals surface area contributed by atoms with Crippen molar-refractivity contribution in [3.63, 3.8) is 0 Å². The Morgan fingerprint density at radius 1 is 1.18 bits per heavy atom. The van der Waals surface area contributed by atoms with Gasteiger partial charge in [0.2, 0.25) is 0 Å². The van der Waals surface area contributed by atoms with Crippen molar-refractivity contribution in [1.29, 1.82) is 0 Å². The Hall–Kier alpha value is -1.92. The summed E-state index contributed by atoms with van der Waals surface area (Å²) >= 11 is 4.61. The maximum atomic E-state index is 13.2. The number of halogens is 2. The molecule has 3 nitrogen and oxygen atoms in total. The summed E-state index contributed by atoms with van der Waals surface area (Å²) < 4.78 is 14.1. The Morgan fingerprint density at radius 3 is 2.77 bits per heavy atom. The zero-order valence-electron chi connectivity index (χ0n) is 11.2. The molecule has 2 aromatic carbocycles. The van der Waals surface area contributed by atoms with Crippen molar-refractivity contribution in [2.45, 2.75) is 0 Å². The van der Waals surface area contributed by atoms with Crippen LogP contribution in [0.2, 0.25) is 0 Å². The third-order valence-corrected chi connectivity index (χ3v) is 4.24. The van der Waals surface area contributed by atoms with E-state index in [0.717, 1.165) is 10.2 Å². The van der Waals surface area contributed by atoms with Crippen LogP contribution in [0.15, 0.2) is 62.9 Å². The Kier molecular flexibility index (Phi) is 4.40. The van der Waals surface area contributed by atoms with Crippen LogP contribution in [0.1, 0.15) is 5.56 Å². The van der Waals surface area contributed by atoms with E-state index in [0.29, 0.717) is 15.6 Å². The van der Waals surface area contributed by atoms with Crippen molar-refractivity contribution in [2.75, 3.05) is 0 Å². The Bertz CT molecular complexity index is 804. The molecule has 0 unspecified atom stereocenters. The van der Waals surface area contributed by atoms with E-state index in [4.69, 9.17) is 0 Å². The fourth-order valence-electron chi connectivity index (χ4n) is 1.89. The first-order chi connectivity index (χ1) is 10.6. The fourth-order valence-corrected chi connectivity index (χ4v) is 3.12. The van der Waals surface area contributed by atoms with Gasteiger partial charge in [-0.15, -0.1) is 0 Å². The van der Waals surface area contributed by atoms with Crippen LogP contribution in [-0.4, -0.2) is 11.1 Å². The second kappa shape index (κ2) is 6.46. The van der Waals surface area contributed by atoms with E-state index < -0.39 is 0 Å². The molecule has 6 heteroatoms. The largest absolute Gasteiger partial charge is 0.300 e. The molecule has 1 fully saturated rings. The molecule has 1 N–H and O–H groups in total. The summed E-state index contributed by atoms with van der Waals surface area (Å²) in [5.74, 6) is -0.566. The van der Waals surface area contributed by atoms with E-state index in [1.54, 1.807) is 18.2 Å². The Balaban J connectivity index is 1.84. The number of carbonyl (C=O) groups is 1. The molecule has 22 heavy (non-hydrogen) atoms. The van der Waals surface area contributed by atoms with Crippen molar-refractivity contribution in [3.05, 3.63) is 69.3 Å². The third-order valence-electron chi connectivity index (χ3n) is 2.84. The lowest BCUT2D eigenvalue weighted by Crippen LogP contribution is -2.19. The quantitative estimate of drug-likeness (QED) is 0.785. The smallest absolute Gasteiger partial charge is 0.264 e. The summed E-state index contributed by atoms with van der Waals surface area (Å²) in [7, 11) is 0. The van der Waals surface area contributed by atoms with Crippen LogP contribution in [0, 0.1) is 5.82 Å². The van der Waals surface area contributed by atoms with E-state index in [1.807, 2.05) is 24.3 Å². The third kappa shape index (κ3) is 3.64. The standard InChI is InChI=1S/C16H10BrFN2OS/c17-11-4-2-6-13(9-11)19-16-20-15(21)14(22-16)8-10-3-1-5-12(18)7-10/h1-9H,(H,19,20,21). The second-order valence-corrected chi connectivity index (χ2v) is 6.46. The molecule has 1 amide bonds. The normalized spacial score (nSPS) is 18.0. The van der Waals surface area contributed by atoms with Gasteiger partial charge in [-0.3, -0.25) is 4.79 Å². The molecular formula is C16H10BrFN2OS. The minimum Gasteiger partial charge on any atom is -0.300 e. The zero-order valence-corrected chi connectivity index (χ0v) is 13.6. The van der Waals surface area contributed by atoms with E-state index >= 15 is 0 Å². The molecule has 0 spiro atoms. The predicted molar refractivity (Wildman–Crippen MR) is 91.3 cm³/mol. The van der Waals surface area contributed by atoms with Gasteiger partial charge in [0.25, 0.3) is 5.91 Å². The average Bonchev–Trinajstić information content (AvgIpc) is 2.79. The maximum Gasteiger partial charge on any atom is 0.264 e. The molecule has 0 radical (unpaired) electrons. The minimum atomic E-state index is -0.333. The lowest BCUT2D eigenvalue weighted by atomic mass is 10.2. The number of nitrogens with zero attached hydrogens (tertiary/aromatic N) is 1. The van der Waals surface area contributed by atoms with E-state index in [2.05, 4.69) is 26.2 Å². The minimum absolute atomic E-state index is 0.233. The Morgan fingerprint density at radius 2 is 2.00 bits per heavy atom. The van der Waals surface area contributed by atoms with Crippen molar-refractivity contribution in [3.8, 4) is 0 Å². The molecule has 110 valence electrons. The second-order valence-electron chi connectivity index (χ2n) is 4.52. The van der Waals surface area contributed by atoms with Crippen LogP contribution in [-0.2, 0) is 4.79 Å². The molecule has 3 rings (SSSR count). The molecule has 1 aliphatic rings. The van der Waals surface area contributed by atoms with Gasteiger partial charge in [-0.05, 0) is 53.7 Å². The number of hydrogen-bond donors (Lipinski definition) is 1. The highest BCUT2D eigenvalue weighted by Crippen LogP contribution is 2.28. The summed E-state index contributed by atoms with van der Waals surface area (Å²) in [6.45, 7) is 0. The number of aliphatic imine (C=N–C) groups is 1. The van der Waals surface area contributed by atoms with Gasteiger partial charge in [0, 0.05) is 4.47 Å². The number of thioether (sulfide) groups is 1. The van der Waals surface area contributed by atoms with Crippen LogP contribution in [0.25, 0.3) is 6.08 Å². The van der Waals surface area contributed by atoms with Crippen LogP contribution in [0.4, 0.5) is 10.1 Å². The van der Waals surface area contributed by atoms with Gasteiger partial charge in [-0.2, -0.15) is 0 Å². The monoisotopic (exact) mass is 376 g/mol. The molecule has 1 heterocycles. The highest BCUT2D eigenvalue weighted by molar-refractivity contribution is 9.10. The first-order valence-electron chi connectivity index (χ1n) is 6.41. The molecule has 0 bridgehead atoms. The van der Waals surface area contributed by atoms with Gasteiger partial charge in [-0.1, -0.05) is 34.1 Å². The predicted octanol–water partition coefficient (Wildman–Crippen LogP) is 4.48. The van der Waals surface area contributed by atoms with E-state index in [-0.39, 0.29) is 11.7 Å². The maximum absolute atomic E-state index is 13.2. The van der Waals surface area contributed by atoms with Gasteiger partial charge in [0.15, 0.2) is 5.17 Å². The van der Waals surface area contributed by atoms with Gasteiger partial charge < -0.3 is 5.32 Å². The van der Waals surface area contributed by atoms with Crippen LogP contribution < -0.4 is 5.32 Å². The summed E-state index contributed by atoms with van der Waals surface area (Å²) in [4.78, 5) is 16.8. The van der Waals surface area contributed by atoms with E-state index in [9.17, 15) is 9.18 Å². The van der Waals surface area contributed by atoms with Gasteiger partial charge in [0.1, 0.15) is 5.82 Å². The summed E-state index contributed by atoms with van der Waals surface area (Å²) in [6.07, 6.45) is 1.65. The van der Waals surface area contributed by atoms with E-state index in [1.165, 1.54) is 23.9 Å². The van der Waals surface area contributed by atoms with Crippen LogP contribution in [0.5, 0.6) is 0 Å². The van der Waals surface area contributed by atoms with Crippen LogP contribution in [0.3, 0.4) is 0 Å². The zero-order chi connectivity index (χ0) is 15.5. The summed E-state index contributed by atoms with van der Waals surface area (Å²) in [6, 6.07) is 13.6. The van der Waals surface area contributed by atoms with Crippen molar-refractivity contribution < 1.29 is 9.18 Å². The number of carbonyl (C=O) groups excluding carboxylic acids is 1. The molecule has 0 aliphatic carbocycles. The SMILES string of the molecule is O=C1NC(=Nc2cccc(Br)c2)SC1=Cc1cccc(F)c1. The first-order valence-corrected chi connectivity index (χ1v) is 8.02.